The Bertz CT molecular complexity index is 685. The molecule has 0 aliphatic heterocycles. The number of Topliss-reactive ketones (excluding diaryl/α,β-unsaturated/α-hetero) is 1. The first kappa shape index (κ1) is 12.5. The van der Waals surface area contributed by atoms with Crippen LogP contribution in [0.2, 0.25) is 0 Å². The van der Waals surface area contributed by atoms with Gasteiger partial charge in [0.1, 0.15) is 6.54 Å². The van der Waals surface area contributed by atoms with Gasteiger partial charge >= 0.3 is 0 Å². The van der Waals surface area contributed by atoms with E-state index < -0.39 is 11.1 Å². The average Bonchev–Trinajstić information content (AvgIpc) is 2.34. The van der Waals surface area contributed by atoms with Gasteiger partial charge in [-0.25, -0.2) is 4.68 Å². The molecule has 0 fully saturated rings. The maximum absolute atomic E-state index is 11.9. The summed E-state index contributed by atoms with van der Waals surface area (Å²) in [5, 5.41) is 2.31. The number of hydrogen-bond donors (Lipinski definition) is 1. The first-order chi connectivity index (χ1) is 8.56. The molecule has 2 rings (SSSR count). The molecule has 1 aromatic heterocycles. The number of nitrogens with zero attached hydrogens (tertiary/aromatic N) is 1. The Morgan fingerprint density at radius 3 is 2.44 bits per heavy atom. The van der Waals surface area contributed by atoms with Gasteiger partial charge in [0.05, 0.1) is 0 Å². The van der Waals surface area contributed by atoms with Gasteiger partial charge in [0.2, 0.25) is 0 Å². The van der Waals surface area contributed by atoms with E-state index in [-0.39, 0.29) is 12.3 Å². The number of aromatic amines is 1. The highest BCUT2D eigenvalue weighted by atomic mass is 79.9. The molecule has 1 heterocycles. The summed E-state index contributed by atoms with van der Waals surface area (Å²) < 4.78 is 1.86. The van der Waals surface area contributed by atoms with Crippen molar-refractivity contribution in [3.05, 3.63) is 67.1 Å². The van der Waals surface area contributed by atoms with Crippen LogP contribution in [-0.4, -0.2) is 15.6 Å². The number of nitrogens with one attached hydrogen (secondary N) is 1. The van der Waals surface area contributed by atoms with Crippen LogP contribution in [-0.2, 0) is 6.54 Å². The first-order valence-electron chi connectivity index (χ1n) is 5.15. The minimum Gasteiger partial charge on any atom is -0.292 e. The lowest BCUT2D eigenvalue weighted by Crippen LogP contribution is -2.30. The largest absolute Gasteiger partial charge is 0.292 e. The monoisotopic (exact) mass is 308 g/mol. The van der Waals surface area contributed by atoms with E-state index in [1.807, 2.05) is 0 Å². The number of halogens is 1. The first-order valence-corrected chi connectivity index (χ1v) is 5.94. The van der Waals surface area contributed by atoms with Crippen molar-refractivity contribution in [3.63, 3.8) is 0 Å². The second-order valence-electron chi connectivity index (χ2n) is 3.66. The predicted molar refractivity (Wildman–Crippen MR) is 69.8 cm³/mol. The fourth-order valence-corrected chi connectivity index (χ4v) is 1.71. The summed E-state index contributed by atoms with van der Waals surface area (Å²) in [5.41, 5.74) is -0.354. The molecule has 18 heavy (non-hydrogen) atoms. The van der Waals surface area contributed by atoms with Gasteiger partial charge in [0, 0.05) is 22.2 Å². The average molecular weight is 309 g/mol. The quantitative estimate of drug-likeness (QED) is 0.866. The number of hydrogen-bond acceptors (Lipinski definition) is 3. The number of benzene rings is 1. The van der Waals surface area contributed by atoms with E-state index >= 15 is 0 Å². The van der Waals surface area contributed by atoms with Crippen LogP contribution < -0.4 is 11.1 Å². The van der Waals surface area contributed by atoms with E-state index in [0.29, 0.717) is 5.56 Å². The molecule has 2 aromatic rings. The summed E-state index contributed by atoms with van der Waals surface area (Å²) in [7, 11) is 0. The fourth-order valence-electron chi connectivity index (χ4n) is 1.45. The Morgan fingerprint density at radius 2 is 1.78 bits per heavy atom. The summed E-state index contributed by atoms with van der Waals surface area (Å²) in [6, 6.07) is 9.04. The normalized spacial score (nSPS) is 10.3. The summed E-state index contributed by atoms with van der Waals surface area (Å²) >= 11 is 3.27. The molecule has 0 aliphatic rings. The molecule has 0 saturated carbocycles. The molecule has 0 saturated heterocycles. The van der Waals surface area contributed by atoms with Crippen molar-refractivity contribution in [2.45, 2.75) is 6.54 Å². The molecular weight excluding hydrogens is 300 g/mol. The van der Waals surface area contributed by atoms with E-state index in [1.54, 1.807) is 24.3 Å². The molecule has 0 amide bonds. The van der Waals surface area contributed by atoms with Gasteiger partial charge < -0.3 is 0 Å². The van der Waals surface area contributed by atoms with E-state index in [0.717, 1.165) is 21.3 Å². The van der Waals surface area contributed by atoms with Gasteiger partial charge in [-0.05, 0) is 12.1 Å². The molecule has 1 N–H and O–H groups in total. The zero-order valence-corrected chi connectivity index (χ0v) is 10.8. The highest BCUT2D eigenvalue weighted by Gasteiger charge is 2.08. The third-order valence-corrected chi connectivity index (χ3v) is 2.89. The lowest BCUT2D eigenvalue weighted by molar-refractivity contribution is 0.0965. The number of carbonyl (C=O) groups excluding carboxylic acids is 1. The summed E-state index contributed by atoms with van der Waals surface area (Å²) in [5.74, 6) is -0.244. The van der Waals surface area contributed by atoms with Crippen LogP contribution >= 0.6 is 15.9 Å². The Hall–Kier alpha value is -1.95. The van der Waals surface area contributed by atoms with Crippen LogP contribution in [0.15, 0.2) is 50.5 Å². The van der Waals surface area contributed by atoms with Crippen LogP contribution in [0.1, 0.15) is 10.4 Å². The van der Waals surface area contributed by atoms with E-state index in [1.165, 1.54) is 0 Å². The molecule has 1 aromatic carbocycles. The van der Waals surface area contributed by atoms with Crippen LogP contribution in [0.4, 0.5) is 0 Å². The molecule has 6 heteroatoms. The smallest absolute Gasteiger partial charge is 0.265 e. The van der Waals surface area contributed by atoms with E-state index in [2.05, 4.69) is 21.0 Å². The van der Waals surface area contributed by atoms with Crippen molar-refractivity contribution in [2.24, 2.45) is 0 Å². The second-order valence-corrected chi connectivity index (χ2v) is 4.58. The van der Waals surface area contributed by atoms with Crippen LogP contribution in [0.3, 0.4) is 0 Å². The molecule has 0 unspecified atom stereocenters. The van der Waals surface area contributed by atoms with Crippen molar-refractivity contribution in [1.29, 1.82) is 0 Å². The molecule has 0 aliphatic carbocycles. The Labute approximate surface area is 110 Å². The maximum atomic E-state index is 11.9. The van der Waals surface area contributed by atoms with Gasteiger partial charge in [0.15, 0.2) is 5.78 Å². The summed E-state index contributed by atoms with van der Waals surface area (Å²) in [4.78, 5) is 34.4. The third kappa shape index (κ3) is 2.84. The number of rotatable bonds is 3. The van der Waals surface area contributed by atoms with Gasteiger partial charge in [0.25, 0.3) is 11.1 Å². The number of carbonyl (C=O) groups is 1. The topological polar surface area (TPSA) is 71.9 Å². The molecule has 5 nitrogen and oxygen atoms in total. The maximum Gasteiger partial charge on any atom is 0.265 e. The highest BCUT2D eigenvalue weighted by Crippen LogP contribution is 2.11. The highest BCUT2D eigenvalue weighted by molar-refractivity contribution is 9.10. The van der Waals surface area contributed by atoms with Crippen molar-refractivity contribution in [3.8, 4) is 0 Å². The number of aromatic nitrogens is 2. The standard InChI is InChI=1S/C12H9BrN2O3/c13-9-3-1-8(2-4-9)10(16)7-15-12(18)6-5-11(17)14-15/h1-6H,7H2,(H,14,17). The van der Waals surface area contributed by atoms with Crippen molar-refractivity contribution >= 4 is 21.7 Å². The number of ketones is 1. The van der Waals surface area contributed by atoms with E-state index in [4.69, 9.17) is 0 Å². The Morgan fingerprint density at radius 1 is 1.11 bits per heavy atom. The van der Waals surface area contributed by atoms with Crippen LogP contribution in [0, 0.1) is 0 Å². The second kappa shape index (κ2) is 5.14. The van der Waals surface area contributed by atoms with Gasteiger partial charge in [-0.2, -0.15) is 0 Å². The number of H-pyrrole nitrogens is 1. The van der Waals surface area contributed by atoms with Gasteiger partial charge in [-0.3, -0.25) is 19.5 Å². The lowest BCUT2D eigenvalue weighted by atomic mass is 10.1. The van der Waals surface area contributed by atoms with Crippen molar-refractivity contribution in [1.82, 2.24) is 9.78 Å². The summed E-state index contributed by atoms with van der Waals surface area (Å²) in [6.45, 7) is -0.184. The predicted octanol–water partition coefficient (Wildman–Crippen LogP) is 1.18. The minimum atomic E-state index is -0.418. The molecule has 0 radical (unpaired) electrons. The van der Waals surface area contributed by atoms with Crippen molar-refractivity contribution in [2.75, 3.05) is 0 Å². The Kier molecular flexibility index (Phi) is 3.57. The van der Waals surface area contributed by atoms with Crippen LogP contribution in [0.5, 0.6) is 0 Å². The molecule has 0 bridgehead atoms. The lowest BCUT2D eigenvalue weighted by Gasteiger charge is -2.04. The zero-order chi connectivity index (χ0) is 13.1. The summed E-state index contributed by atoms with van der Waals surface area (Å²) in [6.07, 6.45) is 0. The molecule has 92 valence electrons. The molecule has 0 spiro atoms. The molecule has 0 atom stereocenters. The fraction of sp³-hybridized carbons (Fsp3) is 0.0833. The zero-order valence-electron chi connectivity index (χ0n) is 9.22. The third-order valence-electron chi connectivity index (χ3n) is 2.36. The van der Waals surface area contributed by atoms with Gasteiger partial charge in [-0.15, -0.1) is 0 Å². The SMILES string of the molecule is O=C(Cn1[nH]c(=O)ccc1=O)c1ccc(Br)cc1. The van der Waals surface area contributed by atoms with Crippen molar-refractivity contribution < 1.29 is 4.79 Å². The Balaban J connectivity index is 2.26. The van der Waals surface area contributed by atoms with Gasteiger partial charge in [-0.1, -0.05) is 28.1 Å². The van der Waals surface area contributed by atoms with Crippen LogP contribution in [0.25, 0.3) is 0 Å². The minimum absolute atomic E-state index is 0.184. The molecular formula is C12H9BrN2O3. The van der Waals surface area contributed by atoms with E-state index in [9.17, 15) is 14.4 Å².